The van der Waals surface area contributed by atoms with Gasteiger partial charge in [0.15, 0.2) is 6.61 Å². The summed E-state index contributed by atoms with van der Waals surface area (Å²) in [6, 6.07) is 14.0. The molecule has 5 heteroatoms. The van der Waals surface area contributed by atoms with E-state index in [0.717, 1.165) is 16.5 Å². The van der Waals surface area contributed by atoms with Crippen LogP contribution in [0.4, 0.5) is 0 Å². The molecule has 0 unspecified atom stereocenters. The summed E-state index contributed by atoms with van der Waals surface area (Å²) >= 11 is 5.62. The van der Waals surface area contributed by atoms with Crippen LogP contribution in [-0.2, 0) is 13.0 Å². The average Bonchev–Trinajstić information content (AvgIpc) is 2.93. The molecule has 0 fully saturated rings. The van der Waals surface area contributed by atoms with Gasteiger partial charge >= 0.3 is 0 Å². The number of ether oxygens (including phenoxy) is 1. The lowest BCUT2D eigenvalue weighted by Gasteiger charge is -2.07. The summed E-state index contributed by atoms with van der Waals surface area (Å²) in [6.07, 6.45) is 0.572. The van der Waals surface area contributed by atoms with Crippen molar-refractivity contribution in [1.82, 2.24) is 10.2 Å². The Morgan fingerprint density at radius 2 is 1.80 bits per heavy atom. The molecule has 20 heavy (non-hydrogen) atoms. The number of hydrogen-bond donors (Lipinski definition) is 0. The predicted molar refractivity (Wildman–Crippen MR) is 77.0 cm³/mol. The van der Waals surface area contributed by atoms with Gasteiger partial charge in [-0.15, -0.1) is 21.8 Å². The average molecular weight is 289 g/mol. The van der Waals surface area contributed by atoms with Crippen molar-refractivity contribution in [3.8, 4) is 5.75 Å². The van der Waals surface area contributed by atoms with E-state index in [1.54, 1.807) is 0 Å². The molecule has 0 radical (unpaired) electrons. The van der Waals surface area contributed by atoms with Crippen molar-refractivity contribution < 1.29 is 9.15 Å². The molecular weight excluding hydrogens is 276 g/mol. The Labute approximate surface area is 121 Å². The largest absolute Gasteiger partial charge is 0.483 e. The Bertz CT molecular complexity index is 706. The van der Waals surface area contributed by atoms with E-state index in [-0.39, 0.29) is 6.61 Å². The van der Waals surface area contributed by atoms with Crippen LogP contribution in [0.3, 0.4) is 0 Å². The van der Waals surface area contributed by atoms with E-state index >= 15 is 0 Å². The first-order valence-electron chi connectivity index (χ1n) is 6.34. The second-order valence-corrected chi connectivity index (χ2v) is 4.67. The molecule has 102 valence electrons. The highest BCUT2D eigenvalue weighted by atomic mass is 35.5. The molecule has 3 rings (SSSR count). The Kier molecular flexibility index (Phi) is 3.83. The zero-order valence-corrected chi connectivity index (χ0v) is 11.5. The summed E-state index contributed by atoms with van der Waals surface area (Å²) in [5, 5.41) is 10.0. The SMILES string of the molecule is ClCCc1nnc(COc2cccc3ccccc23)o1. The summed E-state index contributed by atoms with van der Waals surface area (Å²) in [7, 11) is 0. The molecule has 0 bridgehead atoms. The maximum absolute atomic E-state index is 5.77. The molecule has 0 aliphatic rings. The summed E-state index contributed by atoms with van der Waals surface area (Å²) in [6.45, 7) is 0.253. The third-order valence-electron chi connectivity index (χ3n) is 2.92. The lowest BCUT2D eigenvalue weighted by Crippen LogP contribution is -1.96. The van der Waals surface area contributed by atoms with E-state index in [4.69, 9.17) is 20.8 Å². The molecule has 1 aromatic heterocycles. The van der Waals surface area contributed by atoms with Crippen molar-refractivity contribution in [2.24, 2.45) is 0 Å². The monoisotopic (exact) mass is 288 g/mol. The van der Waals surface area contributed by atoms with Gasteiger partial charge in [-0.1, -0.05) is 36.4 Å². The number of rotatable bonds is 5. The highest BCUT2D eigenvalue weighted by Gasteiger charge is 2.07. The van der Waals surface area contributed by atoms with Crippen LogP contribution in [0.25, 0.3) is 10.8 Å². The molecule has 0 atom stereocenters. The molecule has 0 amide bonds. The minimum absolute atomic E-state index is 0.253. The summed E-state index contributed by atoms with van der Waals surface area (Å²) in [5.74, 6) is 2.26. The minimum atomic E-state index is 0.253. The number of benzene rings is 2. The number of nitrogens with zero attached hydrogens (tertiary/aromatic N) is 2. The first kappa shape index (κ1) is 12.9. The summed E-state index contributed by atoms with van der Waals surface area (Å²) in [4.78, 5) is 0. The van der Waals surface area contributed by atoms with Gasteiger partial charge in [-0.25, -0.2) is 0 Å². The third-order valence-corrected chi connectivity index (χ3v) is 3.11. The fourth-order valence-corrected chi connectivity index (χ4v) is 2.15. The maximum Gasteiger partial charge on any atom is 0.253 e. The zero-order chi connectivity index (χ0) is 13.8. The Morgan fingerprint density at radius 1 is 1.00 bits per heavy atom. The van der Waals surface area contributed by atoms with Crippen LogP contribution in [0.5, 0.6) is 5.75 Å². The molecule has 2 aromatic carbocycles. The molecule has 0 saturated heterocycles. The molecule has 0 spiro atoms. The normalized spacial score (nSPS) is 10.8. The number of aromatic nitrogens is 2. The lowest BCUT2D eigenvalue weighted by atomic mass is 10.1. The highest BCUT2D eigenvalue weighted by Crippen LogP contribution is 2.25. The number of hydrogen-bond acceptors (Lipinski definition) is 4. The van der Waals surface area contributed by atoms with Crippen LogP contribution in [0.15, 0.2) is 46.9 Å². The second-order valence-electron chi connectivity index (χ2n) is 4.29. The molecule has 0 saturated carbocycles. The summed E-state index contributed by atoms with van der Waals surface area (Å²) in [5.41, 5.74) is 0. The van der Waals surface area contributed by atoms with Gasteiger partial charge in [0.1, 0.15) is 5.75 Å². The van der Waals surface area contributed by atoms with Crippen LogP contribution < -0.4 is 4.74 Å². The van der Waals surface area contributed by atoms with Gasteiger partial charge in [0.05, 0.1) is 0 Å². The number of fused-ring (bicyclic) bond motifs is 1. The van der Waals surface area contributed by atoms with Crippen molar-refractivity contribution in [3.63, 3.8) is 0 Å². The van der Waals surface area contributed by atoms with Crippen LogP contribution in [-0.4, -0.2) is 16.1 Å². The van der Waals surface area contributed by atoms with Crippen LogP contribution in [0.1, 0.15) is 11.8 Å². The first-order chi connectivity index (χ1) is 9.86. The van der Waals surface area contributed by atoms with Gasteiger partial charge in [0.2, 0.25) is 5.89 Å². The van der Waals surface area contributed by atoms with E-state index in [0.29, 0.717) is 24.1 Å². The fourth-order valence-electron chi connectivity index (χ4n) is 1.99. The number of halogens is 1. The van der Waals surface area contributed by atoms with Crippen LogP contribution >= 0.6 is 11.6 Å². The van der Waals surface area contributed by atoms with Crippen LogP contribution in [0, 0.1) is 0 Å². The third kappa shape index (κ3) is 2.75. The van der Waals surface area contributed by atoms with Crippen molar-refractivity contribution in [3.05, 3.63) is 54.2 Å². The van der Waals surface area contributed by atoms with Gasteiger partial charge in [0.25, 0.3) is 5.89 Å². The van der Waals surface area contributed by atoms with Gasteiger partial charge in [0, 0.05) is 17.7 Å². The Morgan fingerprint density at radius 3 is 2.70 bits per heavy atom. The maximum atomic E-state index is 5.77. The van der Waals surface area contributed by atoms with Crippen molar-refractivity contribution in [1.29, 1.82) is 0 Å². The zero-order valence-electron chi connectivity index (χ0n) is 10.8. The van der Waals surface area contributed by atoms with Crippen molar-refractivity contribution in [2.75, 3.05) is 5.88 Å². The molecule has 0 aliphatic heterocycles. The number of aryl methyl sites for hydroxylation is 1. The fraction of sp³-hybridized carbons (Fsp3) is 0.200. The predicted octanol–water partition coefficient (Wildman–Crippen LogP) is 3.58. The molecule has 3 aromatic rings. The summed E-state index contributed by atoms with van der Waals surface area (Å²) < 4.78 is 11.2. The van der Waals surface area contributed by atoms with Gasteiger partial charge in [-0.3, -0.25) is 0 Å². The highest BCUT2D eigenvalue weighted by molar-refractivity contribution is 6.17. The second kappa shape index (κ2) is 5.92. The minimum Gasteiger partial charge on any atom is -0.483 e. The standard InChI is InChI=1S/C15H13ClN2O2/c16-9-8-14-17-18-15(20-14)10-19-13-7-3-5-11-4-1-2-6-12(11)13/h1-7H,8-10H2. The lowest BCUT2D eigenvalue weighted by molar-refractivity contribution is 0.262. The van der Waals surface area contributed by atoms with E-state index in [1.165, 1.54) is 0 Å². The quantitative estimate of drug-likeness (QED) is 0.673. The van der Waals surface area contributed by atoms with E-state index in [2.05, 4.69) is 10.2 Å². The first-order valence-corrected chi connectivity index (χ1v) is 6.88. The smallest absolute Gasteiger partial charge is 0.253 e. The number of alkyl halides is 1. The van der Waals surface area contributed by atoms with Gasteiger partial charge in [-0.2, -0.15) is 0 Å². The van der Waals surface area contributed by atoms with E-state index in [1.807, 2.05) is 42.5 Å². The van der Waals surface area contributed by atoms with Crippen molar-refractivity contribution in [2.45, 2.75) is 13.0 Å². The Balaban J connectivity index is 1.76. The van der Waals surface area contributed by atoms with Gasteiger partial charge in [-0.05, 0) is 11.5 Å². The Hall–Kier alpha value is -2.07. The molecule has 0 aliphatic carbocycles. The van der Waals surface area contributed by atoms with Crippen molar-refractivity contribution >= 4 is 22.4 Å². The molecular formula is C15H13ClN2O2. The topological polar surface area (TPSA) is 48.2 Å². The molecule has 1 heterocycles. The van der Waals surface area contributed by atoms with E-state index < -0.39 is 0 Å². The van der Waals surface area contributed by atoms with Crippen LogP contribution in [0.2, 0.25) is 0 Å². The van der Waals surface area contributed by atoms with Gasteiger partial charge < -0.3 is 9.15 Å². The molecule has 4 nitrogen and oxygen atoms in total. The molecule has 0 N–H and O–H groups in total. The van der Waals surface area contributed by atoms with E-state index in [9.17, 15) is 0 Å².